The molecule has 4 rings (SSSR count). The molecule has 9 heteroatoms. The molecule has 168 valence electrons. The van der Waals surface area contributed by atoms with Crippen LogP contribution in [0.4, 0.5) is 10.5 Å². The number of carbonyl (C=O) groups is 1. The summed E-state index contributed by atoms with van der Waals surface area (Å²) in [6.07, 6.45) is 7.34. The van der Waals surface area contributed by atoms with E-state index in [-0.39, 0.29) is 29.7 Å². The predicted molar refractivity (Wildman–Crippen MR) is 120 cm³/mol. The number of hydrogen-bond acceptors (Lipinski definition) is 7. The SMILES string of the molecule is COC(=O)N1c2ccc(/C(C=N)=C/NC3CS(=O)(=O)C3)c(OC3CCC3)c2CC[C@@H]1C. The van der Waals surface area contributed by atoms with Crippen LogP contribution in [-0.2, 0) is 21.0 Å². The van der Waals surface area contributed by atoms with Gasteiger partial charge in [-0.05, 0) is 51.2 Å². The summed E-state index contributed by atoms with van der Waals surface area (Å²) >= 11 is 0. The molecule has 1 amide bonds. The van der Waals surface area contributed by atoms with Crippen LogP contribution in [0.15, 0.2) is 18.3 Å². The van der Waals surface area contributed by atoms with Gasteiger partial charge in [-0.15, -0.1) is 0 Å². The van der Waals surface area contributed by atoms with E-state index in [0.717, 1.165) is 48.9 Å². The van der Waals surface area contributed by atoms with Crippen molar-refractivity contribution in [1.82, 2.24) is 5.32 Å². The van der Waals surface area contributed by atoms with Gasteiger partial charge in [0.2, 0.25) is 0 Å². The van der Waals surface area contributed by atoms with E-state index < -0.39 is 15.9 Å². The first-order valence-corrected chi connectivity index (χ1v) is 12.5. The number of carbonyl (C=O) groups excluding carboxylic acids is 1. The molecule has 2 aliphatic heterocycles. The molecule has 1 aromatic rings. The second kappa shape index (κ2) is 8.53. The maximum Gasteiger partial charge on any atom is 0.414 e. The van der Waals surface area contributed by atoms with Crippen molar-refractivity contribution in [2.45, 2.75) is 57.2 Å². The summed E-state index contributed by atoms with van der Waals surface area (Å²) in [5.74, 6) is 0.924. The maximum atomic E-state index is 12.4. The second-order valence-corrected chi connectivity index (χ2v) is 10.7. The number of anilines is 1. The van der Waals surface area contributed by atoms with E-state index in [1.54, 1.807) is 11.1 Å². The lowest BCUT2D eigenvalue weighted by Gasteiger charge is -2.37. The summed E-state index contributed by atoms with van der Waals surface area (Å²) in [6, 6.07) is 3.64. The van der Waals surface area contributed by atoms with Crippen molar-refractivity contribution in [3.05, 3.63) is 29.5 Å². The number of allylic oxidation sites excluding steroid dienone is 1. The van der Waals surface area contributed by atoms with Gasteiger partial charge in [0.05, 0.1) is 36.4 Å². The van der Waals surface area contributed by atoms with E-state index in [0.29, 0.717) is 11.3 Å². The first-order chi connectivity index (χ1) is 14.8. The highest BCUT2D eigenvalue weighted by Crippen LogP contribution is 2.43. The van der Waals surface area contributed by atoms with E-state index in [1.165, 1.54) is 13.3 Å². The number of amides is 1. The van der Waals surface area contributed by atoms with Crippen molar-refractivity contribution in [2.75, 3.05) is 23.5 Å². The highest BCUT2D eigenvalue weighted by atomic mass is 32.2. The Hall–Kier alpha value is -2.55. The Morgan fingerprint density at radius 1 is 1.26 bits per heavy atom. The molecule has 0 radical (unpaired) electrons. The number of rotatable bonds is 6. The monoisotopic (exact) mass is 447 g/mol. The Morgan fingerprint density at radius 2 is 2.00 bits per heavy atom. The van der Waals surface area contributed by atoms with Crippen LogP contribution in [0.25, 0.3) is 5.57 Å². The van der Waals surface area contributed by atoms with Crippen molar-refractivity contribution >= 4 is 33.4 Å². The number of fused-ring (bicyclic) bond motifs is 1. The molecule has 1 aromatic carbocycles. The topological polar surface area (TPSA) is 109 Å². The van der Waals surface area contributed by atoms with Crippen LogP contribution >= 0.6 is 0 Å². The Kier molecular flexibility index (Phi) is 5.96. The summed E-state index contributed by atoms with van der Waals surface area (Å²) in [5.41, 5.74) is 3.12. The summed E-state index contributed by atoms with van der Waals surface area (Å²) in [5, 5.41) is 11.1. The Bertz CT molecular complexity index is 1000. The molecular weight excluding hydrogens is 418 g/mol. The van der Waals surface area contributed by atoms with Crippen LogP contribution in [0.3, 0.4) is 0 Å². The van der Waals surface area contributed by atoms with E-state index >= 15 is 0 Å². The number of sulfone groups is 1. The average Bonchev–Trinajstić information content (AvgIpc) is 2.69. The highest BCUT2D eigenvalue weighted by molar-refractivity contribution is 7.92. The third-order valence-electron chi connectivity index (χ3n) is 6.31. The van der Waals surface area contributed by atoms with E-state index in [1.807, 2.05) is 19.1 Å². The van der Waals surface area contributed by atoms with Crippen molar-refractivity contribution in [3.63, 3.8) is 0 Å². The van der Waals surface area contributed by atoms with Crippen molar-refractivity contribution in [2.24, 2.45) is 0 Å². The molecule has 0 bridgehead atoms. The lowest BCUT2D eigenvalue weighted by molar-refractivity contribution is 0.118. The minimum absolute atomic E-state index is 0.0161. The lowest BCUT2D eigenvalue weighted by atomic mass is 9.91. The zero-order chi connectivity index (χ0) is 22.2. The average molecular weight is 448 g/mol. The Labute approximate surface area is 183 Å². The van der Waals surface area contributed by atoms with Gasteiger partial charge < -0.3 is 20.2 Å². The first-order valence-electron chi connectivity index (χ1n) is 10.7. The minimum atomic E-state index is -2.93. The molecule has 3 aliphatic rings. The van der Waals surface area contributed by atoms with Gasteiger partial charge in [-0.2, -0.15) is 0 Å². The van der Waals surface area contributed by atoms with E-state index in [2.05, 4.69) is 5.32 Å². The summed E-state index contributed by atoms with van der Waals surface area (Å²) in [6.45, 7) is 2.00. The van der Waals surface area contributed by atoms with Crippen LogP contribution in [0, 0.1) is 5.41 Å². The van der Waals surface area contributed by atoms with Gasteiger partial charge in [-0.1, -0.05) is 0 Å². The molecule has 0 unspecified atom stereocenters. The van der Waals surface area contributed by atoms with Gasteiger partial charge >= 0.3 is 6.09 Å². The zero-order valence-electron chi connectivity index (χ0n) is 17.9. The predicted octanol–water partition coefficient (Wildman–Crippen LogP) is 2.90. The lowest BCUT2D eigenvalue weighted by Crippen LogP contribution is -2.49. The van der Waals surface area contributed by atoms with Crippen LogP contribution in [0.5, 0.6) is 5.75 Å². The smallest absolute Gasteiger partial charge is 0.414 e. The normalized spacial score (nSPS) is 23.2. The number of benzene rings is 1. The number of methoxy groups -OCH3 is 1. The Morgan fingerprint density at radius 3 is 2.58 bits per heavy atom. The molecule has 2 heterocycles. The molecule has 2 fully saturated rings. The molecule has 1 saturated carbocycles. The fourth-order valence-electron chi connectivity index (χ4n) is 4.26. The van der Waals surface area contributed by atoms with Crippen LogP contribution in [-0.4, -0.2) is 57.5 Å². The van der Waals surface area contributed by atoms with Crippen molar-refractivity contribution in [1.29, 1.82) is 5.41 Å². The molecule has 1 aliphatic carbocycles. The van der Waals surface area contributed by atoms with Gasteiger partial charge in [0.1, 0.15) is 5.75 Å². The largest absolute Gasteiger partial charge is 0.489 e. The molecule has 2 N–H and O–H groups in total. The molecular formula is C22H29N3O5S. The summed E-state index contributed by atoms with van der Waals surface area (Å²) in [7, 11) is -1.55. The number of nitrogens with one attached hydrogen (secondary N) is 2. The fraction of sp³-hybridized carbons (Fsp3) is 0.545. The maximum absolute atomic E-state index is 12.4. The first kappa shape index (κ1) is 21.7. The molecule has 31 heavy (non-hydrogen) atoms. The van der Waals surface area contributed by atoms with Crippen LogP contribution in [0.2, 0.25) is 0 Å². The van der Waals surface area contributed by atoms with Gasteiger partial charge in [-0.3, -0.25) is 4.90 Å². The highest BCUT2D eigenvalue weighted by Gasteiger charge is 2.34. The van der Waals surface area contributed by atoms with Gasteiger partial charge in [-0.25, -0.2) is 13.2 Å². The summed E-state index contributed by atoms with van der Waals surface area (Å²) < 4.78 is 34.3. The zero-order valence-corrected chi connectivity index (χ0v) is 18.7. The fourth-order valence-corrected chi connectivity index (χ4v) is 5.58. The summed E-state index contributed by atoms with van der Waals surface area (Å²) in [4.78, 5) is 14.1. The van der Waals surface area contributed by atoms with Crippen molar-refractivity contribution < 1.29 is 22.7 Å². The van der Waals surface area contributed by atoms with Crippen molar-refractivity contribution in [3.8, 4) is 5.75 Å². The van der Waals surface area contributed by atoms with Gasteiger partial charge in [0, 0.05) is 35.2 Å². The number of nitrogens with zero attached hydrogens (tertiary/aromatic N) is 1. The molecule has 0 spiro atoms. The molecule has 0 aromatic heterocycles. The minimum Gasteiger partial charge on any atom is -0.489 e. The quantitative estimate of drug-likeness (QED) is 0.649. The molecule has 8 nitrogen and oxygen atoms in total. The number of ether oxygens (including phenoxy) is 2. The van der Waals surface area contributed by atoms with Gasteiger partial charge in [0.25, 0.3) is 0 Å². The number of hydrogen-bond donors (Lipinski definition) is 2. The molecule has 1 saturated heterocycles. The third kappa shape index (κ3) is 4.28. The standard InChI is InChI=1S/C22H29N3O5S/c1-14-6-7-19-20(25(14)22(26)29-2)9-8-18(21(19)30-17-4-3-5-17)15(10-23)11-24-16-12-31(27,28)13-16/h8-11,14,16-17,23-24H,3-7,12-13H2,1-2H3/b15-11+,23-10?/t14-/m0/s1. The van der Waals surface area contributed by atoms with Crippen LogP contribution in [0.1, 0.15) is 43.7 Å². The third-order valence-corrected chi connectivity index (χ3v) is 8.13. The van der Waals surface area contributed by atoms with Gasteiger partial charge in [0.15, 0.2) is 9.84 Å². The Balaban J connectivity index is 1.71. The van der Waals surface area contributed by atoms with Crippen LogP contribution < -0.4 is 15.0 Å². The second-order valence-electron chi connectivity index (χ2n) is 8.52. The van der Waals surface area contributed by atoms with E-state index in [9.17, 15) is 13.2 Å². The van der Waals surface area contributed by atoms with E-state index in [4.69, 9.17) is 14.9 Å². The molecule has 1 atom stereocenters.